The fraction of sp³-hybridized carbons (Fsp3) is 0.542. The highest BCUT2D eigenvalue weighted by Crippen LogP contribution is 2.17. The molecule has 0 bridgehead atoms. The van der Waals surface area contributed by atoms with Crippen molar-refractivity contribution in [3.63, 3.8) is 0 Å². The predicted molar refractivity (Wildman–Crippen MR) is 112 cm³/mol. The average molecular weight is 371 g/mol. The number of fused-ring (bicyclic) bond motifs is 1. The Kier molecular flexibility index (Phi) is 10.6. The minimum absolute atomic E-state index is 0.102. The molecule has 3 heteroatoms. The van der Waals surface area contributed by atoms with Crippen molar-refractivity contribution in [2.45, 2.75) is 84.1 Å². The molecule has 2 aromatic rings. The van der Waals surface area contributed by atoms with Gasteiger partial charge in [0.15, 0.2) is 6.54 Å². The molecule has 0 atom stereocenters. The third kappa shape index (κ3) is 8.57. The second-order valence-corrected chi connectivity index (χ2v) is 7.43. The van der Waals surface area contributed by atoms with E-state index in [-0.39, 0.29) is 5.97 Å². The van der Waals surface area contributed by atoms with Crippen molar-refractivity contribution in [3.05, 3.63) is 48.0 Å². The molecule has 3 nitrogen and oxygen atoms in total. The van der Waals surface area contributed by atoms with Gasteiger partial charge in [-0.05, 0) is 17.2 Å². The molecule has 0 aliphatic heterocycles. The first-order chi connectivity index (χ1) is 13.3. The van der Waals surface area contributed by atoms with Crippen molar-refractivity contribution >= 4 is 16.7 Å². The number of benzene rings is 2. The summed E-state index contributed by atoms with van der Waals surface area (Å²) in [6.45, 7) is 2.91. The van der Waals surface area contributed by atoms with Gasteiger partial charge >= 0.3 is 5.97 Å². The van der Waals surface area contributed by atoms with Gasteiger partial charge in [0.25, 0.3) is 0 Å². The number of hydroxylamine groups is 1. The number of unbranched alkanes of at least 4 members (excludes halogenated alkanes) is 9. The molecule has 0 fully saturated rings. The van der Waals surface area contributed by atoms with Crippen LogP contribution in [0.5, 0.6) is 0 Å². The van der Waals surface area contributed by atoms with E-state index in [1.807, 2.05) is 12.1 Å². The zero-order valence-corrected chi connectivity index (χ0v) is 16.9. The van der Waals surface area contributed by atoms with Gasteiger partial charge < -0.3 is 0 Å². The second-order valence-electron chi connectivity index (χ2n) is 7.43. The lowest BCUT2D eigenvalue weighted by Crippen LogP contribution is -2.82. The van der Waals surface area contributed by atoms with Gasteiger partial charge in [0.05, 0.1) is 4.79 Å². The van der Waals surface area contributed by atoms with Crippen LogP contribution in [0, 0.1) is 0 Å². The molecule has 2 rings (SSSR count). The Morgan fingerprint density at radius 2 is 1.44 bits per heavy atom. The van der Waals surface area contributed by atoms with Crippen LogP contribution in [-0.2, 0) is 16.2 Å². The lowest BCUT2D eigenvalue weighted by Gasteiger charge is -2.02. The molecule has 0 aliphatic rings. The lowest BCUT2D eigenvalue weighted by molar-refractivity contribution is -0.884. The average Bonchev–Trinajstić information content (AvgIpc) is 2.69. The molecule has 0 unspecified atom stereocenters. The highest BCUT2D eigenvalue weighted by atomic mass is 16.7. The number of carbonyl (C=O) groups excluding carboxylic acids is 1. The fourth-order valence-corrected chi connectivity index (χ4v) is 3.51. The number of hydrogen-bond acceptors (Lipinski definition) is 2. The van der Waals surface area contributed by atoms with Crippen LogP contribution < -0.4 is 5.48 Å². The third-order valence-electron chi connectivity index (χ3n) is 5.13. The Hall–Kier alpha value is -1.87. The SMILES string of the molecule is CCCCCCCCCCCCC(=[O+])O[NH2+]Cc1cccc2ccccc12. The molecule has 1 radical (unpaired) electrons. The summed E-state index contributed by atoms with van der Waals surface area (Å²) in [6, 6.07) is 14.6. The van der Waals surface area contributed by atoms with Gasteiger partial charge in [-0.15, -0.1) is 0 Å². The summed E-state index contributed by atoms with van der Waals surface area (Å²) in [5, 5.41) is 2.45. The van der Waals surface area contributed by atoms with E-state index in [1.54, 1.807) is 5.48 Å². The number of hydrogen-bond donors (Lipinski definition) is 1. The van der Waals surface area contributed by atoms with Crippen molar-refractivity contribution < 1.29 is 15.1 Å². The molecule has 0 saturated heterocycles. The van der Waals surface area contributed by atoms with Crippen LogP contribution in [0.15, 0.2) is 42.5 Å². The van der Waals surface area contributed by atoms with Crippen molar-refractivity contribution in [2.75, 3.05) is 0 Å². The maximum atomic E-state index is 11.9. The Morgan fingerprint density at radius 1 is 0.815 bits per heavy atom. The van der Waals surface area contributed by atoms with Gasteiger partial charge in [0.2, 0.25) is 0 Å². The van der Waals surface area contributed by atoms with Gasteiger partial charge in [-0.3, -0.25) is 0 Å². The Balaban J connectivity index is 1.50. The highest BCUT2D eigenvalue weighted by Gasteiger charge is 2.20. The summed E-state index contributed by atoms with van der Waals surface area (Å²) in [6.07, 6.45) is 13.3. The van der Waals surface area contributed by atoms with Gasteiger partial charge in [-0.25, -0.2) is 0 Å². The van der Waals surface area contributed by atoms with Crippen molar-refractivity contribution in [3.8, 4) is 0 Å². The van der Waals surface area contributed by atoms with Gasteiger partial charge in [0.1, 0.15) is 6.42 Å². The lowest BCUT2D eigenvalue weighted by atomic mass is 10.1. The van der Waals surface area contributed by atoms with E-state index in [4.69, 9.17) is 4.84 Å². The van der Waals surface area contributed by atoms with E-state index in [0.717, 1.165) is 12.8 Å². The molecule has 2 N–H and O–H groups in total. The minimum Gasteiger partial charge on any atom is -0.0896 e. The molecule has 0 heterocycles. The first kappa shape index (κ1) is 21.4. The van der Waals surface area contributed by atoms with E-state index >= 15 is 0 Å². The van der Waals surface area contributed by atoms with E-state index in [0.29, 0.717) is 13.0 Å². The van der Waals surface area contributed by atoms with Crippen molar-refractivity contribution in [1.29, 1.82) is 0 Å². The summed E-state index contributed by atoms with van der Waals surface area (Å²) in [5.41, 5.74) is 2.85. The molecular weight excluding hydrogens is 334 g/mol. The number of rotatable bonds is 14. The summed E-state index contributed by atoms with van der Waals surface area (Å²) >= 11 is 0. The van der Waals surface area contributed by atoms with E-state index in [2.05, 4.69) is 37.3 Å². The summed E-state index contributed by atoms with van der Waals surface area (Å²) in [5.74, 6) is -0.102. The fourth-order valence-electron chi connectivity index (χ4n) is 3.51. The minimum atomic E-state index is -0.102. The first-order valence-corrected chi connectivity index (χ1v) is 10.8. The molecule has 0 amide bonds. The predicted octanol–water partition coefficient (Wildman–Crippen LogP) is 5.67. The number of nitrogens with two attached hydrogens (primary N) is 1. The second kappa shape index (κ2) is 13.3. The van der Waals surface area contributed by atoms with Gasteiger partial charge in [-0.1, -0.05) is 117 Å². The molecule has 27 heavy (non-hydrogen) atoms. The third-order valence-corrected chi connectivity index (χ3v) is 5.13. The van der Waals surface area contributed by atoms with Crippen LogP contribution in [-0.4, -0.2) is 5.97 Å². The Labute approximate surface area is 164 Å². The molecule has 0 spiro atoms. The van der Waals surface area contributed by atoms with E-state index < -0.39 is 0 Å². The van der Waals surface area contributed by atoms with Crippen molar-refractivity contribution in [1.82, 2.24) is 0 Å². The maximum Gasteiger partial charge on any atom is 0.638 e. The van der Waals surface area contributed by atoms with Crippen LogP contribution >= 0.6 is 0 Å². The molecular formula is C24H36NO2+2. The van der Waals surface area contributed by atoms with Crippen LogP contribution in [0.2, 0.25) is 0 Å². The first-order valence-electron chi connectivity index (χ1n) is 10.8. The molecule has 0 aliphatic carbocycles. The normalized spacial score (nSPS) is 11.0. The van der Waals surface area contributed by atoms with Gasteiger partial charge in [-0.2, -0.15) is 0 Å². The largest absolute Gasteiger partial charge is 0.638 e. The summed E-state index contributed by atoms with van der Waals surface area (Å²) in [7, 11) is 0. The topological polar surface area (TPSA) is 45.7 Å². The standard InChI is InChI=1S/C24H35NO2/c1-2-3-4-5-6-7-8-9-10-11-19-24(26)27-25-20-22-17-14-16-21-15-12-13-18-23(21)22/h12-18,25H,2-11,19-20H2,1H3/q+1/p+1. The van der Waals surface area contributed by atoms with Crippen molar-refractivity contribution in [2.24, 2.45) is 0 Å². The molecule has 0 aromatic heterocycles. The van der Waals surface area contributed by atoms with Gasteiger partial charge in [0, 0.05) is 5.56 Å². The highest BCUT2D eigenvalue weighted by molar-refractivity contribution is 5.85. The monoisotopic (exact) mass is 370 g/mol. The zero-order chi connectivity index (χ0) is 19.2. The van der Waals surface area contributed by atoms with Crippen LogP contribution in [0.1, 0.15) is 83.1 Å². The number of quaternary nitrogens is 1. The smallest absolute Gasteiger partial charge is 0.0896 e. The molecule has 147 valence electrons. The molecule has 2 aromatic carbocycles. The summed E-state index contributed by atoms with van der Waals surface area (Å²) in [4.78, 5) is 17.2. The summed E-state index contributed by atoms with van der Waals surface area (Å²) < 4.78 is 0. The van der Waals surface area contributed by atoms with Crippen LogP contribution in [0.4, 0.5) is 0 Å². The van der Waals surface area contributed by atoms with Crippen LogP contribution in [0.3, 0.4) is 0 Å². The quantitative estimate of drug-likeness (QED) is 0.264. The van der Waals surface area contributed by atoms with Crippen LogP contribution in [0.25, 0.3) is 10.8 Å². The number of carbonyl (C=O) groups is 1. The van der Waals surface area contributed by atoms with E-state index in [1.165, 1.54) is 67.7 Å². The Morgan fingerprint density at radius 3 is 2.19 bits per heavy atom. The maximum absolute atomic E-state index is 11.9. The zero-order valence-electron chi connectivity index (χ0n) is 16.9. The van der Waals surface area contributed by atoms with E-state index in [9.17, 15) is 4.79 Å². The molecule has 0 saturated carbocycles. The Bertz CT molecular complexity index is 663.